The van der Waals surface area contributed by atoms with Crippen LogP contribution >= 0.6 is 0 Å². The topological polar surface area (TPSA) is 83.3 Å². The Morgan fingerprint density at radius 2 is 1.88 bits per heavy atom. The van der Waals surface area contributed by atoms with Crippen molar-refractivity contribution in [1.29, 1.82) is 0 Å². The minimum Gasteiger partial charge on any atom is -0.489 e. The Balaban J connectivity index is 1.52. The fraction of sp³-hybridized carbons (Fsp3) is 0.333. The molecule has 3 rings (SSSR count). The number of hydrogen-bond donors (Lipinski definition) is 4. The van der Waals surface area contributed by atoms with Gasteiger partial charge >= 0.3 is 0 Å². The third-order valence-corrected chi connectivity index (χ3v) is 4.47. The molecule has 0 spiro atoms. The van der Waals surface area contributed by atoms with Crippen LogP contribution in [0.2, 0.25) is 0 Å². The van der Waals surface area contributed by atoms with Crippen LogP contribution in [0.15, 0.2) is 54.7 Å². The van der Waals surface area contributed by atoms with E-state index in [-0.39, 0.29) is 12.1 Å². The molecule has 1 unspecified atom stereocenters. The summed E-state index contributed by atoms with van der Waals surface area (Å²) in [5.41, 5.74) is 8.68. The zero-order valence-corrected chi connectivity index (χ0v) is 15.3. The van der Waals surface area contributed by atoms with E-state index < -0.39 is 6.10 Å². The van der Waals surface area contributed by atoms with Gasteiger partial charge in [0.15, 0.2) is 0 Å². The van der Waals surface area contributed by atoms with Gasteiger partial charge in [-0.05, 0) is 44.0 Å². The molecule has 5 nitrogen and oxygen atoms in total. The summed E-state index contributed by atoms with van der Waals surface area (Å²) in [6.45, 7) is 4.92. The largest absolute Gasteiger partial charge is 0.489 e. The summed E-state index contributed by atoms with van der Waals surface area (Å²) in [5, 5.41) is 14.9. The summed E-state index contributed by atoms with van der Waals surface area (Å²) in [6, 6.07) is 15.6. The van der Waals surface area contributed by atoms with Crippen LogP contribution < -0.4 is 15.8 Å². The highest BCUT2D eigenvalue weighted by molar-refractivity contribution is 5.83. The maximum absolute atomic E-state index is 10.2. The third kappa shape index (κ3) is 4.56. The van der Waals surface area contributed by atoms with Crippen LogP contribution in [0.4, 0.5) is 5.69 Å². The van der Waals surface area contributed by atoms with Gasteiger partial charge in [-0.15, -0.1) is 0 Å². The Labute approximate surface area is 154 Å². The number of aromatic nitrogens is 1. The number of aromatic amines is 1. The Bertz CT molecular complexity index is 857. The first-order valence-electron chi connectivity index (χ1n) is 8.90. The Morgan fingerprint density at radius 1 is 1.15 bits per heavy atom. The maximum Gasteiger partial charge on any atom is 0.142 e. The summed E-state index contributed by atoms with van der Waals surface area (Å²) < 4.78 is 5.61. The molecule has 0 radical (unpaired) electrons. The average Bonchev–Trinajstić information content (AvgIpc) is 3.02. The zero-order valence-electron chi connectivity index (χ0n) is 15.3. The lowest BCUT2D eigenvalue weighted by Crippen LogP contribution is -2.46. The van der Waals surface area contributed by atoms with Crippen LogP contribution in [-0.4, -0.2) is 34.9 Å². The third-order valence-electron chi connectivity index (χ3n) is 4.47. The summed E-state index contributed by atoms with van der Waals surface area (Å²) >= 11 is 0. The molecular weight excluding hydrogens is 326 g/mol. The van der Waals surface area contributed by atoms with Gasteiger partial charge in [0.1, 0.15) is 18.5 Å². The Hall–Kier alpha value is -2.50. The van der Waals surface area contributed by atoms with Gasteiger partial charge in [-0.3, -0.25) is 0 Å². The number of para-hydroxylation sites is 3. The molecule has 1 atom stereocenters. The monoisotopic (exact) mass is 353 g/mol. The average molecular weight is 353 g/mol. The van der Waals surface area contributed by atoms with Gasteiger partial charge in [0.25, 0.3) is 0 Å². The van der Waals surface area contributed by atoms with Gasteiger partial charge in [0.05, 0.1) is 5.69 Å². The van der Waals surface area contributed by atoms with Crippen molar-refractivity contribution in [2.45, 2.75) is 31.9 Å². The highest BCUT2D eigenvalue weighted by atomic mass is 16.5. The van der Waals surface area contributed by atoms with Crippen molar-refractivity contribution in [2.24, 2.45) is 0 Å². The molecule has 138 valence electrons. The first-order chi connectivity index (χ1) is 12.4. The van der Waals surface area contributed by atoms with E-state index in [1.807, 2.05) is 18.2 Å². The Kier molecular flexibility index (Phi) is 5.49. The molecule has 1 aromatic heterocycles. The van der Waals surface area contributed by atoms with Crippen LogP contribution in [0.5, 0.6) is 5.75 Å². The van der Waals surface area contributed by atoms with E-state index in [1.165, 1.54) is 10.9 Å². The predicted octanol–water partition coefficient (Wildman–Crippen LogP) is 3.10. The van der Waals surface area contributed by atoms with Crippen molar-refractivity contribution in [3.05, 3.63) is 60.3 Å². The number of hydrogen-bond acceptors (Lipinski definition) is 4. The minimum atomic E-state index is -0.614. The van der Waals surface area contributed by atoms with E-state index in [0.717, 1.165) is 11.9 Å². The number of ether oxygens (including phenoxy) is 1. The van der Waals surface area contributed by atoms with Crippen LogP contribution in [-0.2, 0) is 6.42 Å². The first-order valence-corrected chi connectivity index (χ1v) is 8.90. The van der Waals surface area contributed by atoms with Crippen molar-refractivity contribution in [3.8, 4) is 5.75 Å². The maximum atomic E-state index is 10.2. The van der Waals surface area contributed by atoms with Crippen LogP contribution in [0.3, 0.4) is 0 Å². The molecule has 0 aliphatic rings. The minimum absolute atomic E-state index is 0.155. The second-order valence-corrected chi connectivity index (χ2v) is 7.30. The molecule has 2 aromatic carbocycles. The number of nitrogens with two attached hydrogens (primary N) is 1. The fourth-order valence-electron chi connectivity index (χ4n) is 3.07. The molecule has 0 bridgehead atoms. The number of nitrogens with one attached hydrogen (secondary N) is 2. The summed E-state index contributed by atoms with van der Waals surface area (Å²) in [5.74, 6) is 0.601. The molecule has 0 saturated heterocycles. The number of nitrogen functional groups attached to an aromatic ring is 1. The van der Waals surface area contributed by atoms with Gasteiger partial charge < -0.3 is 25.9 Å². The lowest BCUT2D eigenvalue weighted by Gasteiger charge is -2.28. The normalized spacial score (nSPS) is 13.0. The van der Waals surface area contributed by atoms with E-state index in [4.69, 9.17) is 10.5 Å². The molecule has 1 heterocycles. The number of rotatable bonds is 8. The quantitative estimate of drug-likeness (QED) is 0.469. The van der Waals surface area contributed by atoms with Crippen molar-refractivity contribution < 1.29 is 9.84 Å². The number of fused-ring (bicyclic) bond motifs is 1. The van der Waals surface area contributed by atoms with Gasteiger partial charge in [-0.2, -0.15) is 0 Å². The lowest BCUT2D eigenvalue weighted by molar-refractivity contribution is 0.0992. The molecule has 5 N–H and O–H groups in total. The Morgan fingerprint density at radius 3 is 2.69 bits per heavy atom. The predicted molar refractivity (Wildman–Crippen MR) is 106 cm³/mol. The van der Waals surface area contributed by atoms with Gasteiger partial charge in [0, 0.05) is 29.2 Å². The van der Waals surface area contributed by atoms with Gasteiger partial charge in [-0.1, -0.05) is 30.3 Å². The highest BCUT2D eigenvalue weighted by Crippen LogP contribution is 2.22. The summed E-state index contributed by atoms with van der Waals surface area (Å²) in [4.78, 5) is 3.31. The number of β-amino-alcohol motifs (C(OH)–C–C–N with tert-alkyl or cyclic N) is 1. The van der Waals surface area contributed by atoms with Crippen LogP contribution in [0, 0.1) is 0 Å². The molecular formula is C21H27N3O2. The highest BCUT2D eigenvalue weighted by Gasteiger charge is 2.21. The van der Waals surface area contributed by atoms with E-state index in [0.29, 0.717) is 18.0 Å². The molecule has 0 saturated carbocycles. The van der Waals surface area contributed by atoms with Crippen molar-refractivity contribution in [2.75, 3.05) is 18.9 Å². The van der Waals surface area contributed by atoms with Crippen molar-refractivity contribution in [3.63, 3.8) is 0 Å². The number of aliphatic hydroxyl groups excluding tert-OH is 1. The lowest BCUT2D eigenvalue weighted by atomic mass is 9.94. The molecule has 5 heteroatoms. The van der Waals surface area contributed by atoms with Gasteiger partial charge in [0.2, 0.25) is 0 Å². The number of H-pyrrole nitrogens is 1. The number of anilines is 1. The van der Waals surface area contributed by atoms with Crippen molar-refractivity contribution >= 4 is 16.6 Å². The summed E-state index contributed by atoms with van der Waals surface area (Å²) in [6.07, 6.45) is 2.30. The molecule has 3 aromatic rings. The molecule has 0 fully saturated rings. The van der Waals surface area contributed by atoms with Gasteiger partial charge in [-0.25, -0.2) is 0 Å². The molecule has 0 aliphatic heterocycles. The zero-order chi connectivity index (χ0) is 18.6. The molecule has 26 heavy (non-hydrogen) atoms. The summed E-state index contributed by atoms with van der Waals surface area (Å²) in [7, 11) is 0. The van der Waals surface area contributed by atoms with Crippen molar-refractivity contribution in [1.82, 2.24) is 10.3 Å². The standard InChI is InChI=1S/C21H27N3O2/c1-21(2,11-15-12-23-19-9-5-3-7-17(15)19)24-13-16(25)14-26-20-10-6-4-8-18(20)22/h3-10,12,16,23-25H,11,13-14,22H2,1-2H3. The number of benzene rings is 2. The second-order valence-electron chi connectivity index (χ2n) is 7.30. The van der Waals surface area contributed by atoms with Crippen LogP contribution in [0.25, 0.3) is 10.9 Å². The smallest absolute Gasteiger partial charge is 0.142 e. The van der Waals surface area contributed by atoms with E-state index in [9.17, 15) is 5.11 Å². The second kappa shape index (κ2) is 7.81. The van der Waals surface area contributed by atoms with E-state index >= 15 is 0 Å². The van der Waals surface area contributed by atoms with E-state index in [1.54, 1.807) is 12.1 Å². The van der Waals surface area contributed by atoms with E-state index in [2.05, 4.69) is 48.5 Å². The first kappa shape index (κ1) is 18.3. The molecule has 0 aliphatic carbocycles. The van der Waals surface area contributed by atoms with Crippen LogP contribution in [0.1, 0.15) is 19.4 Å². The number of aliphatic hydroxyl groups is 1. The molecule has 0 amide bonds. The SMILES string of the molecule is CC(C)(Cc1c[nH]c2ccccc12)NCC(O)COc1ccccc1N. The fourth-order valence-corrected chi connectivity index (χ4v) is 3.07.